The van der Waals surface area contributed by atoms with Gasteiger partial charge >= 0.3 is 0 Å². The van der Waals surface area contributed by atoms with Crippen molar-refractivity contribution >= 4 is 28.3 Å². The predicted octanol–water partition coefficient (Wildman–Crippen LogP) is 1.81. The maximum Gasteiger partial charge on any atom is 0.251 e. The van der Waals surface area contributed by atoms with Crippen LogP contribution in [0.15, 0.2) is 29.2 Å². The first-order valence-electron chi connectivity index (χ1n) is 9.08. The largest absolute Gasteiger partial charge is 0.377 e. The molecule has 154 valence electrons. The van der Waals surface area contributed by atoms with Gasteiger partial charge in [-0.2, -0.15) is 0 Å². The van der Waals surface area contributed by atoms with Gasteiger partial charge in [-0.05, 0) is 49.9 Å². The first kappa shape index (κ1) is 23.8. The maximum absolute atomic E-state index is 12.3. The normalized spacial score (nSPS) is 17.4. The van der Waals surface area contributed by atoms with Gasteiger partial charge in [-0.15, -0.1) is 12.4 Å². The molecule has 2 rings (SSSR count). The van der Waals surface area contributed by atoms with Gasteiger partial charge in [-0.25, -0.2) is 13.1 Å². The monoisotopic (exact) mass is 419 g/mol. The van der Waals surface area contributed by atoms with Crippen LogP contribution in [-0.4, -0.2) is 45.7 Å². The second kappa shape index (κ2) is 10.4. The van der Waals surface area contributed by atoms with E-state index in [4.69, 9.17) is 10.5 Å². The predicted molar refractivity (Wildman–Crippen MR) is 108 cm³/mol. The number of ether oxygens (including phenoxy) is 1. The van der Waals surface area contributed by atoms with Gasteiger partial charge in [0.25, 0.3) is 5.91 Å². The van der Waals surface area contributed by atoms with Gasteiger partial charge < -0.3 is 15.8 Å². The van der Waals surface area contributed by atoms with Crippen molar-refractivity contribution in [3.8, 4) is 0 Å². The molecule has 1 aromatic carbocycles. The second-order valence-electron chi connectivity index (χ2n) is 6.76. The molecule has 27 heavy (non-hydrogen) atoms. The fourth-order valence-corrected chi connectivity index (χ4v) is 3.80. The summed E-state index contributed by atoms with van der Waals surface area (Å²) in [7, 11) is -3.62. The molecule has 1 aliphatic rings. The van der Waals surface area contributed by atoms with Crippen molar-refractivity contribution in [2.75, 3.05) is 19.7 Å². The van der Waals surface area contributed by atoms with Crippen molar-refractivity contribution in [3.05, 3.63) is 29.8 Å². The third kappa shape index (κ3) is 6.73. The van der Waals surface area contributed by atoms with E-state index in [1.807, 2.05) is 13.8 Å². The molecule has 1 fully saturated rings. The van der Waals surface area contributed by atoms with Crippen molar-refractivity contribution in [2.45, 2.75) is 56.1 Å². The number of benzene rings is 1. The number of carbonyl (C=O) groups is 1. The number of halogens is 1. The smallest absolute Gasteiger partial charge is 0.251 e. The molecule has 0 radical (unpaired) electrons. The molecule has 0 spiro atoms. The molecule has 1 aromatic rings. The molecule has 7 nitrogen and oxygen atoms in total. The van der Waals surface area contributed by atoms with E-state index in [1.165, 1.54) is 24.3 Å². The zero-order chi connectivity index (χ0) is 19.2. The zero-order valence-electron chi connectivity index (χ0n) is 15.9. The van der Waals surface area contributed by atoms with Crippen molar-refractivity contribution in [1.82, 2.24) is 10.0 Å². The lowest BCUT2D eigenvalue weighted by Gasteiger charge is -2.26. The lowest BCUT2D eigenvalue weighted by molar-refractivity contribution is 0.0942. The van der Waals surface area contributed by atoms with E-state index in [0.717, 1.165) is 25.7 Å². The highest BCUT2D eigenvalue weighted by molar-refractivity contribution is 7.89. The van der Waals surface area contributed by atoms with Crippen LogP contribution < -0.4 is 15.8 Å². The molecule has 1 heterocycles. The number of amides is 1. The Morgan fingerprint density at radius 3 is 2.41 bits per heavy atom. The first-order chi connectivity index (χ1) is 12.3. The Morgan fingerprint density at radius 1 is 1.26 bits per heavy atom. The highest BCUT2D eigenvalue weighted by Crippen LogP contribution is 2.14. The van der Waals surface area contributed by atoms with Crippen LogP contribution in [0.5, 0.6) is 0 Å². The summed E-state index contributed by atoms with van der Waals surface area (Å²) in [4.78, 5) is 12.4. The van der Waals surface area contributed by atoms with E-state index in [9.17, 15) is 13.2 Å². The summed E-state index contributed by atoms with van der Waals surface area (Å²) < 4.78 is 32.6. The Balaban J connectivity index is 0.00000364. The SMILES string of the molecule is CCC(N)(CC)CNC(=O)c1ccc(S(=O)(=O)NCC2CCCO2)cc1.Cl. The average Bonchev–Trinajstić information content (AvgIpc) is 3.18. The van der Waals surface area contributed by atoms with Gasteiger partial charge in [0, 0.05) is 30.8 Å². The molecule has 1 saturated heterocycles. The quantitative estimate of drug-likeness (QED) is 0.565. The average molecular weight is 420 g/mol. The van der Waals surface area contributed by atoms with Crippen LogP contribution in [0.4, 0.5) is 0 Å². The topological polar surface area (TPSA) is 111 Å². The Morgan fingerprint density at radius 2 is 1.89 bits per heavy atom. The molecule has 1 aliphatic heterocycles. The summed E-state index contributed by atoms with van der Waals surface area (Å²) in [6.45, 7) is 5.28. The Kier molecular flexibility index (Phi) is 9.17. The molecule has 1 atom stereocenters. The molecule has 0 bridgehead atoms. The number of hydrogen-bond acceptors (Lipinski definition) is 5. The van der Waals surface area contributed by atoms with Crippen LogP contribution in [0.3, 0.4) is 0 Å². The summed E-state index contributed by atoms with van der Waals surface area (Å²) in [6, 6.07) is 5.88. The molecule has 0 saturated carbocycles. The summed E-state index contributed by atoms with van der Waals surface area (Å²) in [5.41, 5.74) is 6.15. The summed E-state index contributed by atoms with van der Waals surface area (Å²) in [5.74, 6) is -0.266. The van der Waals surface area contributed by atoms with Crippen molar-refractivity contribution in [2.24, 2.45) is 5.73 Å². The van der Waals surface area contributed by atoms with Crippen molar-refractivity contribution in [3.63, 3.8) is 0 Å². The van der Waals surface area contributed by atoms with Gasteiger partial charge in [-0.3, -0.25) is 4.79 Å². The van der Waals surface area contributed by atoms with Crippen molar-refractivity contribution < 1.29 is 17.9 Å². The van der Waals surface area contributed by atoms with E-state index in [2.05, 4.69) is 10.0 Å². The summed E-state index contributed by atoms with van der Waals surface area (Å²) in [6.07, 6.45) is 3.27. The van der Waals surface area contributed by atoms with E-state index in [1.54, 1.807) is 0 Å². The summed E-state index contributed by atoms with van der Waals surface area (Å²) >= 11 is 0. The molecular formula is C18H30ClN3O4S. The van der Waals surface area contributed by atoms with Gasteiger partial charge in [0.2, 0.25) is 10.0 Å². The minimum absolute atomic E-state index is 0. The fraction of sp³-hybridized carbons (Fsp3) is 0.611. The first-order valence-corrected chi connectivity index (χ1v) is 10.6. The lowest BCUT2D eigenvalue weighted by atomic mass is 9.94. The van der Waals surface area contributed by atoms with Crippen LogP contribution in [-0.2, 0) is 14.8 Å². The Bertz CT molecular complexity index is 700. The van der Waals surface area contributed by atoms with E-state index < -0.39 is 15.6 Å². The summed E-state index contributed by atoms with van der Waals surface area (Å²) in [5, 5.41) is 2.82. The van der Waals surface area contributed by atoms with Crippen LogP contribution in [0.2, 0.25) is 0 Å². The van der Waals surface area contributed by atoms with E-state index in [0.29, 0.717) is 18.7 Å². The van der Waals surface area contributed by atoms with Crippen LogP contribution in [0.1, 0.15) is 49.9 Å². The number of sulfonamides is 1. The molecule has 0 aromatic heterocycles. The molecule has 0 aliphatic carbocycles. The van der Waals surface area contributed by atoms with Crippen LogP contribution in [0.25, 0.3) is 0 Å². The number of hydrogen-bond donors (Lipinski definition) is 3. The number of carbonyl (C=O) groups excluding carboxylic acids is 1. The fourth-order valence-electron chi connectivity index (χ4n) is 2.74. The van der Waals surface area contributed by atoms with E-state index >= 15 is 0 Å². The third-order valence-electron chi connectivity index (χ3n) is 4.96. The van der Waals surface area contributed by atoms with Gasteiger partial charge in [0.15, 0.2) is 0 Å². The van der Waals surface area contributed by atoms with Gasteiger partial charge in [0.05, 0.1) is 11.0 Å². The number of nitrogens with one attached hydrogen (secondary N) is 2. The highest BCUT2D eigenvalue weighted by atomic mass is 35.5. The molecular weight excluding hydrogens is 390 g/mol. The second-order valence-corrected chi connectivity index (χ2v) is 8.53. The number of rotatable bonds is 9. The van der Waals surface area contributed by atoms with Gasteiger partial charge in [0.1, 0.15) is 0 Å². The minimum atomic E-state index is -3.62. The lowest BCUT2D eigenvalue weighted by Crippen LogP contribution is -2.49. The molecule has 1 amide bonds. The van der Waals surface area contributed by atoms with E-state index in [-0.39, 0.29) is 35.9 Å². The standard InChI is InChI=1S/C18H29N3O4S.ClH/c1-3-18(19,4-2)13-20-17(22)14-7-9-16(10-8-14)26(23,24)21-12-15-6-5-11-25-15;/h7-10,15,21H,3-6,11-13,19H2,1-2H3,(H,20,22);1H. The molecule has 4 N–H and O–H groups in total. The van der Waals surface area contributed by atoms with Gasteiger partial charge in [-0.1, -0.05) is 13.8 Å². The molecule has 9 heteroatoms. The third-order valence-corrected chi connectivity index (χ3v) is 6.40. The highest BCUT2D eigenvalue weighted by Gasteiger charge is 2.22. The van der Waals surface area contributed by atoms with Crippen LogP contribution in [0, 0.1) is 0 Å². The Labute approximate surface area is 167 Å². The maximum atomic E-state index is 12.3. The van der Waals surface area contributed by atoms with Crippen molar-refractivity contribution in [1.29, 1.82) is 0 Å². The Hall–Kier alpha value is -1.19. The zero-order valence-corrected chi connectivity index (χ0v) is 17.5. The number of nitrogens with two attached hydrogens (primary N) is 1. The minimum Gasteiger partial charge on any atom is -0.377 e. The molecule has 1 unspecified atom stereocenters. The van der Waals surface area contributed by atoms with Crippen LogP contribution >= 0.6 is 12.4 Å².